The Labute approximate surface area is 207 Å². The highest BCUT2D eigenvalue weighted by Gasteiger charge is 2.34. The van der Waals surface area contributed by atoms with Crippen molar-refractivity contribution in [2.75, 3.05) is 24.7 Å². The average molecular weight is 500 g/mol. The predicted molar refractivity (Wildman–Crippen MR) is 133 cm³/mol. The van der Waals surface area contributed by atoms with Gasteiger partial charge in [0.2, 0.25) is 5.91 Å². The van der Waals surface area contributed by atoms with E-state index in [2.05, 4.69) is 15.5 Å². The van der Waals surface area contributed by atoms with Crippen molar-refractivity contribution in [2.24, 2.45) is 0 Å². The van der Waals surface area contributed by atoms with E-state index in [1.807, 2.05) is 16.4 Å². The molecule has 2 amide bonds. The zero-order valence-corrected chi connectivity index (χ0v) is 20.6. The van der Waals surface area contributed by atoms with Gasteiger partial charge in [0, 0.05) is 29.4 Å². The molecular formula is C24H26ClN5O3S. The largest absolute Gasteiger partial charge is 0.497 e. The minimum Gasteiger partial charge on any atom is -0.497 e. The quantitative estimate of drug-likeness (QED) is 0.453. The van der Waals surface area contributed by atoms with Crippen LogP contribution in [0.1, 0.15) is 42.0 Å². The number of nitrogens with zero attached hydrogens (tertiary/aromatic N) is 4. The van der Waals surface area contributed by atoms with Gasteiger partial charge in [-0.3, -0.25) is 9.59 Å². The van der Waals surface area contributed by atoms with E-state index in [4.69, 9.17) is 16.3 Å². The Morgan fingerprint density at radius 3 is 2.56 bits per heavy atom. The second-order valence-electron chi connectivity index (χ2n) is 7.81. The first-order chi connectivity index (χ1) is 16.5. The molecule has 2 aromatic carbocycles. The molecule has 1 atom stereocenters. The van der Waals surface area contributed by atoms with E-state index in [9.17, 15) is 9.59 Å². The molecule has 4 rings (SSSR count). The number of aromatic nitrogens is 3. The number of rotatable bonds is 8. The number of nitrogens with one attached hydrogen (secondary N) is 1. The number of likely N-dealkylation sites (tertiary alicyclic amines) is 1. The molecule has 0 saturated carbocycles. The lowest BCUT2D eigenvalue weighted by Gasteiger charge is -2.24. The van der Waals surface area contributed by atoms with Gasteiger partial charge in [-0.05, 0) is 68.3 Å². The van der Waals surface area contributed by atoms with E-state index >= 15 is 0 Å². The van der Waals surface area contributed by atoms with Gasteiger partial charge in [0.1, 0.15) is 5.75 Å². The molecule has 1 saturated heterocycles. The Balaban J connectivity index is 1.43. The number of thioether (sulfide) groups is 1. The topological polar surface area (TPSA) is 89.3 Å². The normalized spacial score (nSPS) is 15.4. The molecule has 0 radical (unpaired) electrons. The smallest absolute Gasteiger partial charge is 0.254 e. The van der Waals surface area contributed by atoms with Crippen molar-refractivity contribution in [2.45, 2.75) is 37.5 Å². The van der Waals surface area contributed by atoms with Crippen LogP contribution in [0, 0.1) is 0 Å². The monoisotopic (exact) mass is 499 g/mol. The number of benzene rings is 2. The Hall–Kier alpha value is -3.04. The summed E-state index contributed by atoms with van der Waals surface area (Å²) in [6.07, 6.45) is 1.72. The van der Waals surface area contributed by atoms with Crippen molar-refractivity contribution < 1.29 is 14.3 Å². The zero-order chi connectivity index (χ0) is 24.1. The molecule has 178 valence electrons. The molecule has 0 spiro atoms. The molecule has 2 heterocycles. The molecule has 1 unspecified atom stereocenters. The summed E-state index contributed by atoms with van der Waals surface area (Å²) in [6.45, 7) is 3.31. The zero-order valence-electron chi connectivity index (χ0n) is 19.0. The Bertz CT molecular complexity index is 1150. The minimum absolute atomic E-state index is 0.0436. The van der Waals surface area contributed by atoms with Gasteiger partial charge in [-0.25, -0.2) is 0 Å². The third-order valence-corrected chi connectivity index (χ3v) is 6.89. The number of carbonyl (C=O) groups is 2. The van der Waals surface area contributed by atoms with Gasteiger partial charge in [-0.15, -0.1) is 10.2 Å². The van der Waals surface area contributed by atoms with Gasteiger partial charge in [-0.2, -0.15) is 0 Å². The molecule has 0 bridgehead atoms. The summed E-state index contributed by atoms with van der Waals surface area (Å²) >= 11 is 7.30. The van der Waals surface area contributed by atoms with Crippen molar-refractivity contribution in [3.8, 4) is 5.75 Å². The van der Waals surface area contributed by atoms with Crippen LogP contribution in [0.3, 0.4) is 0 Å². The molecule has 34 heavy (non-hydrogen) atoms. The van der Waals surface area contributed by atoms with E-state index in [0.717, 1.165) is 24.4 Å². The fourth-order valence-corrected chi connectivity index (χ4v) is 4.92. The highest BCUT2D eigenvalue weighted by Crippen LogP contribution is 2.34. The van der Waals surface area contributed by atoms with Gasteiger partial charge in [0.15, 0.2) is 11.0 Å². The molecule has 1 N–H and O–H groups in total. The molecule has 0 aliphatic carbocycles. The second kappa shape index (κ2) is 10.9. The first kappa shape index (κ1) is 24.1. The van der Waals surface area contributed by atoms with Crippen LogP contribution in [-0.4, -0.2) is 50.9 Å². The molecule has 1 aliphatic heterocycles. The SMILES string of the molecule is CCn1c(SCC(=O)Nc2ccc(OC)cc2)nnc1C1CCCN1C(=O)c1ccc(Cl)cc1. The van der Waals surface area contributed by atoms with Crippen molar-refractivity contribution in [3.63, 3.8) is 0 Å². The number of carbonyl (C=O) groups excluding carboxylic acids is 2. The molecular weight excluding hydrogens is 474 g/mol. The lowest BCUT2D eigenvalue weighted by Crippen LogP contribution is -2.32. The third kappa shape index (κ3) is 5.37. The summed E-state index contributed by atoms with van der Waals surface area (Å²) in [5.74, 6) is 1.50. The van der Waals surface area contributed by atoms with E-state index < -0.39 is 0 Å². The summed E-state index contributed by atoms with van der Waals surface area (Å²) in [7, 11) is 1.60. The maximum Gasteiger partial charge on any atom is 0.254 e. The molecule has 10 heteroatoms. The van der Waals surface area contributed by atoms with Gasteiger partial charge in [0.05, 0.1) is 18.9 Å². The van der Waals surface area contributed by atoms with Crippen LogP contribution in [0.15, 0.2) is 53.7 Å². The third-order valence-electron chi connectivity index (χ3n) is 5.67. The molecule has 1 aliphatic rings. The van der Waals surface area contributed by atoms with Crippen LogP contribution in [0.25, 0.3) is 0 Å². The minimum atomic E-state index is -0.155. The van der Waals surface area contributed by atoms with Crippen LogP contribution in [-0.2, 0) is 11.3 Å². The van der Waals surface area contributed by atoms with Gasteiger partial charge in [-0.1, -0.05) is 23.4 Å². The summed E-state index contributed by atoms with van der Waals surface area (Å²) in [5.41, 5.74) is 1.30. The fraction of sp³-hybridized carbons (Fsp3) is 0.333. The highest BCUT2D eigenvalue weighted by molar-refractivity contribution is 7.99. The van der Waals surface area contributed by atoms with Crippen molar-refractivity contribution in [3.05, 3.63) is 64.9 Å². The number of halogens is 1. The fourth-order valence-electron chi connectivity index (χ4n) is 3.99. The van der Waals surface area contributed by atoms with Crippen molar-refractivity contribution in [1.82, 2.24) is 19.7 Å². The first-order valence-electron chi connectivity index (χ1n) is 11.1. The number of anilines is 1. The standard InChI is InChI=1S/C24H26ClN5O3S/c1-3-29-22(20-5-4-14-30(20)23(32)16-6-8-17(25)9-7-16)27-28-24(29)34-15-21(31)26-18-10-12-19(33-2)13-11-18/h6-13,20H,3-5,14-15H2,1-2H3,(H,26,31). The second-order valence-corrected chi connectivity index (χ2v) is 9.19. The van der Waals surface area contributed by atoms with Crippen LogP contribution >= 0.6 is 23.4 Å². The Morgan fingerprint density at radius 2 is 1.88 bits per heavy atom. The summed E-state index contributed by atoms with van der Waals surface area (Å²) in [5, 5.41) is 12.9. The van der Waals surface area contributed by atoms with Gasteiger partial charge in [0.25, 0.3) is 5.91 Å². The van der Waals surface area contributed by atoms with Crippen molar-refractivity contribution >= 4 is 40.9 Å². The summed E-state index contributed by atoms with van der Waals surface area (Å²) < 4.78 is 7.13. The lowest BCUT2D eigenvalue weighted by molar-refractivity contribution is -0.113. The van der Waals surface area contributed by atoms with E-state index in [-0.39, 0.29) is 23.6 Å². The Morgan fingerprint density at radius 1 is 1.15 bits per heavy atom. The number of hydrogen-bond donors (Lipinski definition) is 1. The van der Waals surface area contributed by atoms with Crippen LogP contribution in [0.5, 0.6) is 5.75 Å². The van der Waals surface area contributed by atoms with Crippen LogP contribution in [0.2, 0.25) is 5.02 Å². The van der Waals surface area contributed by atoms with E-state index in [1.165, 1.54) is 11.8 Å². The average Bonchev–Trinajstić information content (AvgIpc) is 3.49. The van der Waals surface area contributed by atoms with Crippen LogP contribution < -0.4 is 10.1 Å². The van der Waals surface area contributed by atoms with Gasteiger partial charge < -0.3 is 19.5 Å². The van der Waals surface area contributed by atoms with E-state index in [0.29, 0.717) is 34.5 Å². The molecule has 8 nitrogen and oxygen atoms in total. The number of ether oxygens (including phenoxy) is 1. The lowest BCUT2D eigenvalue weighted by atomic mass is 10.1. The number of methoxy groups -OCH3 is 1. The first-order valence-corrected chi connectivity index (χ1v) is 12.4. The maximum atomic E-state index is 13.1. The number of hydrogen-bond acceptors (Lipinski definition) is 6. The molecule has 1 fully saturated rings. The summed E-state index contributed by atoms with van der Waals surface area (Å²) in [4.78, 5) is 27.4. The van der Waals surface area contributed by atoms with E-state index in [1.54, 1.807) is 55.6 Å². The van der Waals surface area contributed by atoms with Crippen molar-refractivity contribution in [1.29, 1.82) is 0 Å². The molecule has 3 aromatic rings. The number of amides is 2. The van der Waals surface area contributed by atoms with Crippen LogP contribution in [0.4, 0.5) is 5.69 Å². The highest BCUT2D eigenvalue weighted by atomic mass is 35.5. The molecule has 1 aromatic heterocycles. The summed E-state index contributed by atoms with van der Waals surface area (Å²) in [6, 6.07) is 13.9. The predicted octanol–water partition coefficient (Wildman–Crippen LogP) is 4.67. The Kier molecular flexibility index (Phi) is 7.74. The maximum absolute atomic E-state index is 13.1. The van der Waals surface area contributed by atoms with Gasteiger partial charge >= 0.3 is 0 Å².